The van der Waals surface area contributed by atoms with Crippen molar-refractivity contribution >= 4 is 40.4 Å². The van der Waals surface area contributed by atoms with Crippen LogP contribution >= 0.6 is 11.8 Å². The third-order valence-corrected chi connectivity index (χ3v) is 6.11. The summed E-state index contributed by atoms with van der Waals surface area (Å²) in [5.41, 5.74) is 4.04. The van der Waals surface area contributed by atoms with Crippen molar-refractivity contribution in [2.75, 3.05) is 17.7 Å². The van der Waals surface area contributed by atoms with E-state index in [1.807, 2.05) is 32.0 Å². The smallest absolute Gasteiger partial charge is 0.338 e. The maximum atomic E-state index is 12.6. The number of aryl methyl sites for hydroxylation is 1. The molecule has 0 saturated carbocycles. The van der Waals surface area contributed by atoms with E-state index >= 15 is 0 Å². The lowest BCUT2D eigenvalue weighted by Gasteiger charge is -2.09. The lowest BCUT2D eigenvalue weighted by molar-refractivity contribution is -0.113. The van der Waals surface area contributed by atoms with E-state index in [2.05, 4.69) is 20.4 Å². The summed E-state index contributed by atoms with van der Waals surface area (Å²) in [5, 5.41) is 7.81. The molecule has 0 unspecified atom stereocenters. The summed E-state index contributed by atoms with van der Waals surface area (Å²) in [6, 6.07) is 12.3. The molecule has 2 aromatic heterocycles. The van der Waals surface area contributed by atoms with Gasteiger partial charge in [0.15, 0.2) is 10.8 Å². The fourth-order valence-corrected chi connectivity index (χ4v) is 4.00. The highest BCUT2D eigenvalue weighted by Gasteiger charge is 2.15. The minimum atomic E-state index is -0.415. The van der Waals surface area contributed by atoms with Crippen molar-refractivity contribution in [1.29, 1.82) is 0 Å². The van der Waals surface area contributed by atoms with Crippen molar-refractivity contribution in [1.82, 2.24) is 19.7 Å². The molecule has 0 aliphatic heterocycles. The standard InChI is InChI=1S/C24H23N5O4S/c1-4-33-23(32)16-8-10-17(11-9-16)26-20(30)13-34-24-27-21-18(22(31)28-24)12-25-29(21)19-7-5-6-14(2)15(19)3/h5-12H,4,13H2,1-3H3,(H,26,30)(H,27,28,31). The van der Waals surface area contributed by atoms with Crippen molar-refractivity contribution in [3.8, 4) is 5.69 Å². The molecule has 0 aliphatic rings. The summed E-state index contributed by atoms with van der Waals surface area (Å²) in [6.45, 7) is 6.03. The van der Waals surface area contributed by atoms with Gasteiger partial charge in [-0.15, -0.1) is 0 Å². The number of hydrogen-bond donors (Lipinski definition) is 2. The molecule has 1 amide bonds. The first-order chi connectivity index (χ1) is 16.4. The summed E-state index contributed by atoms with van der Waals surface area (Å²) < 4.78 is 6.59. The van der Waals surface area contributed by atoms with E-state index in [0.717, 1.165) is 28.6 Å². The van der Waals surface area contributed by atoms with Crippen LogP contribution in [0.15, 0.2) is 58.6 Å². The number of carbonyl (C=O) groups excluding carboxylic acids is 2. The first-order valence-corrected chi connectivity index (χ1v) is 11.6. The van der Waals surface area contributed by atoms with E-state index in [9.17, 15) is 14.4 Å². The summed E-state index contributed by atoms with van der Waals surface area (Å²) >= 11 is 1.11. The fourth-order valence-electron chi connectivity index (χ4n) is 3.34. The molecule has 0 fully saturated rings. The van der Waals surface area contributed by atoms with Crippen LogP contribution in [0.25, 0.3) is 16.7 Å². The number of benzene rings is 2. The predicted octanol–water partition coefficient (Wildman–Crippen LogP) is 3.63. The number of esters is 1. The molecule has 0 radical (unpaired) electrons. The molecule has 2 aromatic carbocycles. The summed E-state index contributed by atoms with van der Waals surface area (Å²) in [7, 11) is 0. The zero-order chi connectivity index (χ0) is 24.2. The van der Waals surface area contributed by atoms with Crippen LogP contribution < -0.4 is 10.9 Å². The molecule has 174 valence electrons. The van der Waals surface area contributed by atoms with Crippen molar-refractivity contribution in [2.24, 2.45) is 0 Å². The van der Waals surface area contributed by atoms with E-state index in [-0.39, 0.29) is 17.2 Å². The van der Waals surface area contributed by atoms with Gasteiger partial charge in [0.1, 0.15) is 5.39 Å². The Morgan fingerprint density at radius 1 is 1.15 bits per heavy atom. The Balaban J connectivity index is 1.48. The van der Waals surface area contributed by atoms with Crippen LogP contribution in [-0.2, 0) is 9.53 Å². The second kappa shape index (κ2) is 9.92. The number of nitrogens with one attached hydrogen (secondary N) is 2. The maximum Gasteiger partial charge on any atom is 0.338 e. The molecule has 0 saturated heterocycles. The third kappa shape index (κ3) is 4.86. The predicted molar refractivity (Wildman–Crippen MR) is 131 cm³/mol. The van der Waals surface area contributed by atoms with Gasteiger partial charge in [-0.1, -0.05) is 23.9 Å². The van der Waals surface area contributed by atoms with Gasteiger partial charge in [0.2, 0.25) is 5.91 Å². The van der Waals surface area contributed by atoms with Crippen LogP contribution in [0.4, 0.5) is 5.69 Å². The normalized spacial score (nSPS) is 10.9. The Hall–Kier alpha value is -3.92. The molecule has 34 heavy (non-hydrogen) atoms. The Morgan fingerprint density at radius 2 is 1.91 bits per heavy atom. The zero-order valence-electron chi connectivity index (χ0n) is 18.9. The quantitative estimate of drug-likeness (QED) is 0.237. The van der Waals surface area contributed by atoms with Gasteiger partial charge in [0, 0.05) is 5.69 Å². The summed E-state index contributed by atoms with van der Waals surface area (Å²) in [5.74, 6) is -0.660. The highest BCUT2D eigenvalue weighted by Crippen LogP contribution is 2.22. The van der Waals surface area contributed by atoms with Gasteiger partial charge in [-0.2, -0.15) is 5.10 Å². The molecule has 4 rings (SSSR count). The lowest BCUT2D eigenvalue weighted by Crippen LogP contribution is -2.16. The van der Waals surface area contributed by atoms with Crippen molar-refractivity contribution in [2.45, 2.75) is 25.9 Å². The molecular weight excluding hydrogens is 454 g/mol. The molecule has 10 heteroatoms. The highest BCUT2D eigenvalue weighted by molar-refractivity contribution is 7.99. The number of amides is 1. The number of H-pyrrole nitrogens is 1. The number of aromatic amines is 1. The number of ether oxygens (including phenoxy) is 1. The van der Waals surface area contributed by atoms with Gasteiger partial charge in [-0.25, -0.2) is 14.5 Å². The second-order valence-corrected chi connectivity index (χ2v) is 8.48. The van der Waals surface area contributed by atoms with Crippen LogP contribution in [0.1, 0.15) is 28.4 Å². The van der Waals surface area contributed by atoms with Crippen LogP contribution in [-0.4, -0.2) is 44.0 Å². The number of hydrogen-bond acceptors (Lipinski definition) is 7. The van der Waals surface area contributed by atoms with Crippen LogP contribution in [0, 0.1) is 13.8 Å². The molecule has 0 spiro atoms. The average Bonchev–Trinajstić information content (AvgIpc) is 3.24. The fraction of sp³-hybridized carbons (Fsp3) is 0.208. The van der Waals surface area contributed by atoms with Gasteiger partial charge in [0.05, 0.1) is 29.8 Å². The van der Waals surface area contributed by atoms with E-state index in [4.69, 9.17) is 4.74 Å². The Bertz CT molecular complexity index is 1430. The van der Waals surface area contributed by atoms with Crippen LogP contribution in [0.3, 0.4) is 0 Å². The molecule has 2 N–H and O–H groups in total. The van der Waals surface area contributed by atoms with E-state index in [1.54, 1.807) is 35.9 Å². The van der Waals surface area contributed by atoms with E-state index in [0.29, 0.717) is 34.0 Å². The molecular formula is C24H23N5O4S. The summed E-state index contributed by atoms with van der Waals surface area (Å²) in [4.78, 5) is 44.0. The minimum absolute atomic E-state index is 0.0334. The highest BCUT2D eigenvalue weighted by atomic mass is 32.2. The Labute approximate surface area is 199 Å². The monoisotopic (exact) mass is 477 g/mol. The number of aromatic nitrogens is 4. The first kappa shape index (κ1) is 23.2. The van der Waals surface area contributed by atoms with Gasteiger partial charge in [-0.3, -0.25) is 9.59 Å². The maximum absolute atomic E-state index is 12.6. The largest absolute Gasteiger partial charge is 0.462 e. The molecule has 2 heterocycles. The molecule has 0 atom stereocenters. The minimum Gasteiger partial charge on any atom is -0.462 e. The Kier molecular flexibility index (Phi) is 6.78. The number of thioether (sulfide) groups is 1. The molecule has 9 nitrogen and oxygen atoms in total. The average molecular weight is 478 g/mol. The van der Waals surface area contributed by atoms with E-state index in [1.165, 1.54) is 6.20 Å². The Morgan fingerprint density at radius 3 is 2.65 bits per heavy atom. The van der Waals surface area contributed by atoms with Crippen molar-refractivity contribution in [3.05, 3.63) is 75.7 Å². The summed E-state index contributed by atoms with van der Waals surface area (Å²) in [6.07, 6.45) is 1.49. The second-order valence-electron chi connectivity index (χ2n) is 7.52. The number of rotatable bonds is 7. The van der Waals surface area contributed by atoms with Crippen molar-refractivity contribution in [3.63, 3.8) is 0 Å². The van der Waals surface area contributed by atoms with Crippen LogP contribution in [0.2, 0.25) is 0 Å². The number of fused-ring (bicyclic) bond motifs is 1. The number of carbonyl (C=O) groups is 2. The molecule has 0 bridgehead atoms. The number of anilines is 1. The molecule has 0 aliphatic carbocycles. The number of nitrogens with zero attached hydrogens (tertiary/aromatic N) is 3. The third-order valence-electron chi connectivity index (χ3n) is 5.24. The SMILES string of the molecule is CCOC(=O)c1ccc(NC(=O)CSc2nc3c(cnn3-c3cccc(C)c3C)c(=O)[nH]2)cc1. The lowest BCUT2D eigenvalue weighted by atomic mass is 10.1. The first-order valence-electron chi connectivity index (χ1n) is 10.6. The van der Waals surface area contributed by atoms with Gasteiger partial charge >= 0.3 is 5.97 Å². The van der Waals surface area contributed by atoms with Gasteiger partial charge in [0.25, 0.3) is 5.56 Å². The zero-order valence-corrected chi connectivity index (χ0v) is 19.7. The molecule has 4 aromatic rings. The van der Waals surface area contributed by atoms with Gasteiger partial charge in [-0.05, 0) is 62.2 Å². The van der Waals surface area contributed by atoms with Crippen molar-refractivity contribution < 1.29 is 14.3 Å². The topological polar surface area (TPSA) is 119 Å². The van der Waals surface area contributed by atoms with Crippen LogP contribution in [0.5, 0.6) is 0 Å². The van der Waals surface area contributed by atoms with Gasteiger partial charge < -0.3 is 15.0 Å². The van der Waals surface area contributed by atoms with E-state index < -0.39 is 5.97 Å².